The largest absolute Gasteiger partial charge is 0.348 e. The van der Waals surface area contributed by atoms with Crippen molar-refractivity contribution in [3.8, 4) is 0 Å². The quantitative estimate of drug-likeness (QED) is 0.830. The smallest absolute Gasteiger partial charge is 0.252 e. The van der Waals surface area contributed by atoms with Gasteiger partial charge in [0.25, 0.3) is 5.91 Å². The van der Waals surface area contributed by atoms with Crippen LogP contribution in [0.2, 0.25) is 0 Å². The molecule has 1 N–H and O–H groups in total. The Bertz CT molecular complexity index is 639. The Morgan fingerprint density at radius 3 is 2.95 bits per heavy atom. The van der Waals surface area contributed by atoms with Crippen molar-refractivity contribution in [3.05, 3.63) is 45.7 Å². The molecule has 2 aromatic rings. The van der Waals surface area contributed by atoms with Gasteiger partial charge in [-0.05, 0) is 40.5 Å². The topological polar surface area (TPSA) is 46.9 Å². The summed E-state index contributed by atoms with van der Waals surface area (Å²) >= 11 is 7.63. The van der Waals surface area contributed by atoms with E-state index in [1.165, 1.54) is 0 Å². The first kappa shape index (κ1) is 15.1. The van der Waals surface area contributed by atoms with Crippen molar-refractivity contribution in [3.63, 3.8) is 0 Å². The third kappa shape index (κ3) is 3.43. The van der Waals surface area contributed by atoms with E-state index in [1.807, 2.05) is 25.4 Å². The van der Waals surface area contributed by atoms with E-state index in [0.29, 0.717) is 12.1 Å². The second-order valence-corrected chi connectivity index (χ2v) is 5.85. The maximum absolute atomic E-state index is 12.2. The highest BCUT2D eigenvalue weighted by molar-refractivity contribution is 9.10. The Morgan fingerprint density at radius 1 is 1.50 bits per heavy atom. The van der Waals surface area contributed by atoms with Crippen molar-refractivity contribution in [1.82, 2.24) is 15.1 Å². The molecule has 106 valence electrons. The Morgan fingerprint density at radius 2 is 2.25 bits per heavy atom. The number of hydrogen-bond acceptors (Lipinski definition) is 3. The molecule has 6 heteroatoms. The number of aromatic nitrogens is 2. The third-order valence-electron chi connectivity index (χ3n) is 2.96. The van der Waals surface area contributed by atoms with Crippen LogP contribution >= 0.6 is 28.6 Å². The maximum Gasteiger partial charge on any atom is 0.252 e. The number of nitrogens with one attached hydrogen (secondary N) is 1. The van der Waals surface area contributed by atoms with Crippen molar-refractivity contribution in [2.24, 2.45) is 7.05 Å². The molecule has 0 spiro atoms. The minimum absolute atomic E-state index is 0.126. The highest BCUT2D eigenvalue weighted by atomic mass is 79.9. The zero-order valence-electron chi connectivity index (χ0n) is 11.4. The van der Waals surface area contributed by atoms with E-state index in [-0.39, 0.29) is 5.91 Å². The molecule has 0 unspecified atom stereocenters. The summed E-state index contributed by atoms with van der Waals surface area (Å²) in [5.74, 6) is -0.126. The molecule has 1 aromatic carbocycles. The zero-order valence-corrected chi connectivity index (χ0v) is 13.8. The van der Waals surface area contributed by atoms with Gasteiger partial charge in [-0.2, -0.15) is 5.10 Å². The first-order chi connectivity index (χ1) is 9.51. The average Bonchev–Trinajstić information content (AvgIpc) is 2.79. The minimum Gasteiger partial charge on any atom is -0.348 e. The highest BCUT2D eigenvalue weighted by Gasteiger charge is 2.12. The number of carbonyl (C=O) groups excluding carboxylic acids is 1. The van der Waals surface area contributed by atoms with E-state index in [4.69, 9.17) is 0 Å². The molecule has 0 aliphatic rings. The molecule has 0 saturated heterocycles. The van der Waals surface area contributed by atoms with Crippen LogP contribution in [0.4, 0.5) is 0 Å². The minimum atomic E-state index is -0.126. The summed E-state index contributed by atoms with van der Waals surface area (Å²) in [7, 11) is 1.88. The molecule has 0 saturated carbocycles. The van der Waals surface area contributed by atoms with Gasteiger partial charge in [0.1, 0.15) is 0 Å². The predicted octanol–water partition coefficient (Wildman–Crippen LogP) is 2.96. The van der Waals surface area contributed by atoms with Crippen LogP contribution in [-0.2, 0) is 20.0 Å². The first-order valence-electron chi connectivity index (χ1n) is 6.29. The Kier molecular flexibility index (Phi) is 4.88. The van der Waals surface area contributed by atoms with Gasteiger partial charge in [0, 0.05) is 34.7 Å². The summed E-state index contributed by atoms with van der Waals surface area (Å²) in [5, 5.41) is 7.27. The number of thiol groups is 1. The van der Waals surface area contributed by atoms with E-state index in [0.717, 1.165) is 27.0 Å². The van der Waals surface area contributed by atoms with Crippen LogP contribution in [0.3, 0.4) is 0 Å². The summed E-state index contributed by atoms with van der Waals surface area (Å²) < 4.78 is 2.53. The van der Waals surface area contributed by atoms with Gasteiger partial charge in [0.15, 0.2) is 0 Å². The van der Waals surface area contributed by atoms with Crippen LogP contribution in [0.25, 0.3) is 0 Å². The Hall–Kier alpha value is -1.27. The van der Waals surface area contributed by atoms with Crippen molar-refractivity contribution >= 4 is 34.5 Å². The molecule has 1 amide bonds. The van der Waals surface area contributed by atoms with Gasteiger partial charge in [-0.3, -0.25) is 9.48 Å². The lowest BCUT2D eigenvalue weighted by atomic mass is 10.2. The molecular weight excluding hydrogens is 338 g/mol. The third-order valence-corrected chi connectivity index (χ3v) is 3.93. The standard InChI is InChI=1S/C14H16BrN3OS/c1-3-13-9(8-18(2)17-13)7-16-14(19)11-6-10(20)4-5-12(11)15/h4-6,8,20H,3,7H2,1-2H3,(H,16,19). The van der Waals surface area contributed by atoms with Crippen LogP contribution in [0.5, 0.6) is 0 Å². The SMILES string of the molecule is CCc1nn(C)cc1CNC(=O)c1cc(S)ccc1Br. The number of benzene rings is 1. The van der Waals surface area contributed by atoms with Gasteiger partial charge in [-0.15, -0.1) is 12.6 Å². The van der Waals surface area contributed by atoms with E-state index >= 15 is 0 Å². The van der Waals surface area contributed by atoms with E-state index in [2.05, 4.69) is 45.9 Å². The fourth-order valence-electron chi connectivity index (χ4n) is 1.99. The lowest BCUT2D eigenvalue weighted by Gasteiger charge is -2.07. The second kappa shape index (κ2) is 6.45. The highest BCUT2D eigenvalue weighted by Crippen LogP contribution is 2.20. The van der Waals surface area contributed by atoms with Crippen LogP contribution in [-0.4, -0.2) is 15.7 Å². The molecular formula is C14H16BrN3OS. The molecule has 1 heterocycles. The monoisotopic (exact) mass is 353 g/mol. The van der Waals surface area contributed by atoms with Gasteiger partial charge in [0.2, 0.25) is 0 Å². The van der Waals surface area contributed by atoms with Crippen LogP contribution in [0, 0.1) is 0 Å². The van der Waals surface area contributed by atoms with Crippen molar-refractivity contribution in [2.45, 2.75) is 24.8 Å². The van der Waals surface area contributed by atoms with E-state index < -0.39 is 0 Å². The average molecular weight is 354 g/mol. The number of rotatable bonds is 4. The zero-order chi connectivity index (χ0) is 14.7. The Balaban J connectivity index is 2.10. The molecule has 0 radical (unpaired) electrons. The van der Waals surface area contributed by atoms with Crippen LogP contribution in [0.15, 0.2) is 33.8 Å². The molecule has 2 rings (SSSR count). The number of amides is 1. The van der Waals surface area contributed by atoms with Gasteiger partial charge in [0.05, 0.1) is 11.3 Å². The molecule has 0 aliphatic heterocycles. The van der Waals surface area contributed by atoms with E-state index in [1.54, 1.807) is 10.7 Å². The number of nitrogens with zero attached hydrogens (tertiary/aromatic N) is 2. The molecule has 20 heavy (non-hydrogen) atoms. The molecule has 1 aromatic heterocycles. The van der Waals surface area contributed by atoms with Gasteiger partial charge < -0.3 is 5.32 Å². The first-order valence-corrected chi connectivity index (χ1v) is 7.53. The summed E-state index contributed by atoms with van der Waals surface area (Å²) in [6.07, 6.45) is 2.78. The summed E-state index contributed by atoms with van der Waals surface area (Å²) in [5.41, 5.74) is 2.63. The molecule has 0 atom stereocenters. The summed E-state index contributed by atoms with van der Waals surface area (Å²) in [6, 6.07) is 5.39. The van der Waals surface area contributed by atoms with Crippen molar-refractivity contribution in [2.75, 3.05) is 0 Å². The Labute approximate surface area is 132 Å². The summed E-state index contributed by atoms with van der Waals surface area (Å²) in [6.45, 7) is 2.52. The molecule has 4 nitrogen and oxygen atoms in total. The lowest BCUT2D eigenvalue weighted by molar-refractivity contribution is 0.0950. The van der Waals surface area contributed by atoms with Gasteiger partial charge in [-0.25, -0.2) is 0 Å². The molecule has 0 bridgehead atoms. The maximum atomic E-state index is 12.2. The van der Waals surface area contributed by atoms with Gasteiger partial charge in [-0.1, -0.05) is 6.92 Å². The van der Waals surface area contributed by atoms with Crippen LogP contribution in [0.1, 0.15) is 28.5 Å². The fourth-order valence-corrected chi connectivity index (χ4v) is 2.62. The number of hydrogen-bond donors (Lipinski definition) is 2. The second-order valence-electron chi connectivity index (χ2n) is 4.48. The van der Waals surface area contributed by atoms with Crippen LogP contribution < -0.4 is 5.32 Å². The number of aryl methyl sites for hydroxylation is 2. The van der Waals surface area contributed by atoms with Crippen molar-refractivity contribution < 1.29 is 4.79 Å². The predicted molar refractivity (Wildman–Crippen MR) is 85.2 cm³/mol. The molecule has 0 aliphatic carbocycles. The summed E-state index contributed by atoms with van der Waals surface area (Å²) in [4.78, 5) is 13.0. The number of carbonyl (C=O) groups is 1. The number of halogens is 1. The molecule has 0 fully saturated rings. The lowest BCUT2D eigenvalue weighted by Crippen LogP contribution is -2.23. The fraction of sp³-hybridized carbons (Fsp3) is 0.286. The normalized spacial score (nSPS) is 10.6. The van der Waals surface area contributed by atoms with Gasteiger partial charge >= 0.3 is 0 Å². The van der Waals surface area contributed by atoms with Crippen molar-refractivity contribution in [1.29, 1.82) is 0 Å². The van der Waals surface area contributed by atoms with E-state index in [9.17, 15) is 4.79 Å².